The Morgan fingerprint density at radius 3 is 2.71 bits per heavy atom. The maximum absolute atomic E-state index is 12.1. The molecule has 6 nitrogen and oxygen atoms in total. The first kappa shape index (κ1) is 12.7. The molecule has 2 rings (SSSR count). The summed E-state index contributed by atoms with van der Waals surface area (Å²) in [6.45, 7) is 4.26. The lowest BCUT2D eigenvalue weighted by atomic mass is 10.0. The van der Waals surface area contributed by atoms with E-state index in [1.54, 1.807) is 13.8 Å². The van der Waals surface area contributed by atoms with Gasteiger partial charge in [0.1, 0.15) is 0 Å². The Morgan fingerprint density at radius 2 is 2.24 bits per heavy atom. The van der Waals surface area contributed by atoms with E-state index >= 15 is 0 Å². The summed E-state index contributed by atoms with van der Waals surface area (Å²) in [5, 5.41) is 0. The second-order valence-electron chi connectivity index (χ2n) is 4.40. The van der Waals surface area contributed by atoms with Gasteiger partial charge in [-0.2, -0.15) is 0 Å². The van der Waals surface area contributed by atoms with Gasteiger partial charge in [-0.25, -0.2) is 13.1 Å². The number of aromatic amines is 1. The third-order valence-corrected chi connectivity index (χ3v) is 5.87. The van der Waals surface area contributed by atoms with Crippen LogP contribution in [0.2, 0.25) is 0 Å². The van der Waals surface area contributed by atoms with Crippen molar-refractivity contribution in [1.82, 2.24) is 9.71 Å². The molecule has 0 bridgehead atoms. The lowest BCUT2D eigenvalue weighted by Gasteiger charge is -2.22. The largest absolute Gasteiger partial charge is 0.379 e. The third-order valence-electron chi connectivity index (χ3n) is 2.62. The fourth-order valence-corrected chi connectivity index (χ4v) is 4.49. The summed E-state index contributed by atoms with van der Waals surface area (Å²) < 4.78 is 32.1. The summed E-state index contributed by atoms with van der Waals surface area (Å²) in [6.07, 6.45) is 0.630. The lowest BCUT2D eigenvalue weighted by Crippen LogP contribution is -2.46. The van der Waals surface area contributed by atoms with Crippen LogP contribution in [0.1, 0.15) is 19.0 Å². The first-order valence-corrected chi connectivity index (χ1v) is 7.44. The second-order valence-corrected chi connectivity index (χ2v) is 7.26. The number of sulfonamides is 1. The molecule has 2 heterocycles. The van der Waals surface area contributed by atoms with Gasteiger partial charge in [0.05, 0.1) is 12.1 Å². The predicted molar refractivity (Wildman–Crippen MR) is 63.8 cm³/mol. The maximum Gasteiger partial charge on any atom is 0.305 e. The Kier molecular flexibility index (Phi) is 3.15. The van der Waals surface area contributed by atoms with E-state index in [1.807, 2.05) is 0 Å². The van der Waals surface area contributed by atoms with Crippen LogP contribution in [0.5, 0.6) is 0 Å². The number of aromatic nitrogens is 1. The monoisotopic (exact) mass is 278 g/mol. The van der Waals surface area contributed by atoms with Crippen molar-refractivity contribution in [3.8, 4) is 0 Å². The fourth-order valence-electron chi connectivity index (χ4n) is 1.77. The van der Waals surface area contributed by atoms with Gasteiger partial charge < -0.3 is 9.72 Å². The van der Waals surface area contributed by atoms with Gasteiger partial charge in [-0.3, -0.25) is 4.79 Å². The molecule has 0 aromatic carbocycles. The molecule has 1 unspecified atom stereocenters. The minimum absolute atomic E-state index is 0.0515. The molecule has 0 radical (unpaired) electrons. The van der Waals surface area contributed by atoms with Crippen molar-refractivity contribution in [3.05, 3.63) is 15.4 Å². The van der Waals surface area contributed by atoms with Crippen LogP contribution in [0.25, 0.3) is 0 Å². The number of hydrogen-bond acceptors (Lipinski definition) is 5. The van der Waals surface area contributed by atoms with Gasteiger partial charge in [0.2, 0.25) is 0 Å². The highest BCUT2D eigenvalue weighted by Crippen LogP contribution is 2.23. The van der Waals surface area contributed by atoms with Gasteiger partial charge in [-0.15, -0.1) is 0 Å². The van der Waals surface area contributed by atoms with Crippen molar-refractivity contribution >= 4 is 21.4 Å². The number of aryl methyl sites for hydroxylation is 1. The Bertz CT molecular complexity index is 566. The van der Waals surface area contributed by atoms with Crippen LogP contribution >= 0.6 is 11.3 Å². The molecule has 0 amide bonds. The molecule has 1 saturated heterocycles. The minimum atomic E-state index is -3.65. The van der Waals surface area contributed by atoms with Gasteiger partial charge >= 0.3 is 4.87 Å². The number of nitrogens with one attached hydrogen (secondary N) is 2. The van der Waals surface area contributed by atoms with Crippen LogP contribution in [0.15, 0.2) is 9.00 Å². The van der Waals surface area contributed by atoms with Crippen LogP contribution in [0.3, 0.4) is 0 Å². The predicted octanol–water partition coefficient (Wildman–Crippen LogP) is 0.202. The van der Waals surface area contributed by atoms with Crippen molar-refractivity contribution in [2.45, 2.75) is 30.0 Å². The summed E-state index contributed by atoms with van der Waals surface area (Å²) in [5.41, 5.74) is -0.215. The van der Waals surface area contributed by atoms with Crippen LogP contribution in [-0.2, 0) is 14.8 Å². The highest BCUT2D eigenvalue weighted by molar-refractivity contribution is 7.91. The molecule has 1 aromatic heterocycles. The molecule has 96 valence electrons. The van der Waals surface area contributed by atoms with E-state index in [0.29, 0.717) is 36.7 Å². The van der Waals surface area contributed by atoms with E-state index < -0.39 is 15.6 Å². The normalized spacial score (nSPS) is 25.3. The minimum Gasteiger partial charge on any atom is -0.379 e. The number of rotatable bonds is 3. The summed E-state index contributed by atoms with van der Waals surface area (Å²) in [7, 11) is -3.65. The van der Waals surface area contributed by atoms with Crippen LogP contribution < -0.4 is 9.60 Å². The molecule has 0 spiro atoms. The van der Waals surface area contributed by atoms with E-state index in [4.69, 9.17) is 4.74 Å². The molecular formula is C9H14N2O4S2. The van der Waals surface area contributed by atoms with Gasteiger partial charge in [0, 0.05) is 12.3 Å². The van der Waals surface area contributed by atoms with Gasteiger partial charge in [0.15, 0.2) is 4.21 Å². The van der Waals surface area contributed by atoms with E-state index in [2.05, 4.69) is 9.71 Å². The molecule has 1 fully saturated rings. The molecule has 2 N–H and O–H groups in total. The van der Waals surface area contributed by atoms with Gasteiger partial charge in [-0.1, -0.05) is 11.3 Å². The number of H-pyrrole nitrogens is 1. The number of hydrogen-bond donors (Lipinski definition) is 2. The zero-order valence-corrected chi connectivity index (χ0v) is 11.2. The van der Waals surface area contributed by atoms with Crippen LogP contribution in [-0.4, -0.2) is 32.2 Å². The third kappa shape index (κ3) is 2.59. The summed E-state index contributed by atoms with van der Waals surface area (Å²) in [4.78, 5) is 13.2. The summed E-state index contributed by atoms with van der Waals surface area (Å²) >= 11 is 0.701. The standard InChI is InChI=1S/C9H14N2O4S2/c1-6-7(16-8(12)10-6)17(13,14)11-9(2)3-4-15-5-9/h11H,3-5H2,1-2H3,(H,10,12). The molecule has 1 atom stereocenters. The van der Waals surface area contributed by atoms with E-state index in [0.717, 1.165) is 0 Å². The average Bonchev–Trinajstić information content (AvgIpc) is 2.72. The molecule has 17 heavy (non-hydrogen) atoms. The highest BCUT2D eigenvalue weighted by atomic mass is 32.2. The Hall–Kier alpha value is -0.700. The topological polar surface area (TPSA) is 88.3 Å². The SMILES string of the molecule is Cc1[nH]c(=O)sc1S(=O)(=O)NC1(C)CCOC1. The molecule has 8 heteroatoms. The Labute approximate surface area is 103 Å². The van der Waals surface area contributed by atoms with Crippen molar-refractivity contribution < 1.29 is 13.2 Å². The molecule has 1 aliphatic rings. The first-order valence-electron chi connectivity index (χ1n) is 5.14. The van der Waals surface area contributed by atoms with E-state index in [9.17, 15) is 13.2 Å². The van der Waals surface area contributed by atoms with Crippen molar-refractivity contribution in [3.63, 3.8) is 0 Å². The van der Waals surface area contributed by atoms with Gasteiger partial charge in [0.25, 0.3) is 10.0 Å². The quantitative estimate of drug-likeness (QED) is 0.827. The van der Waals surface area contributed by atoms with Crippen molar-refractivity contribution in [1.29, 1.82) is 0 Å². The second kappa shape index (κ2) is 4.20. The zero-order valence-electron chi connectivity index (χ0n) is 9.57. The zero-order chi connectivity index (χ0) is 12.7. The Morgan fingerprint density at radius 1 is 1.53 bits per heavy atom. The van der Waals surface area contributed by atoms with E-state index in [-0.39, 0.29) is 9.08 Å². The molecule has 0 aliphatic carbocycles. The average molecular weight is 278 g/mol. The fraction of sp³-hybridized carbons (Fsp3) is 0.667. The smallest absolute Gasteiger partial charge is 0.305 e. The van der Waals surface area contributed by atoms with Crippen LogP contribution in [0.4, 0.5) is 0 Å². The molecular weight excluding hydrogens is 264 g/mol. The van der Waals surface area contributed by atoms with Crippen LogP contribution in [0, 0.1) is 6.92 Å². The molecule has 1 aliphatic heterocycles. The maximum atomic E-state index is 12.1. The number of thiazole rings is 1. The molecule has 1 aromatic rings. The van der Waals surface area contributed by atoms with Crippen molar-refractivity contribution in [2.24, 2.45) is 0 Å². The first-order chi connectivity index (χ1) is 7.82. The lowest BCUT2D eigenvalue weighted by molar-refractivity contribution is 0.178. The molecule has 0 saturated carbocycles. The van der Waals surface area contributed by atoms with Crippen molar-refractivity contribution in [2.75, 3.05) is 13.2 Å². The highest BCUT2D eigenvalue weighted by Gasteiger charge is 2.35. The Balaban J connectivity index is 2.31. The van der Waals surface area contributed by atoms with Gasteiger partial charge in [-0.05, 0) is 20.3 Å². The summed E-state index contributed by atoms with van der Waals surface area (Å²) in [6, 6.07) is 0. The number of ether oxygens (including phenoxy) is 1. The summed E-state index contributed by atoms with van der Waals surface area (Å²) in [5.74, 6) is 0. The van der Waals surface area contributed by atoms with E-state index in [1.165, 1.54) is 0 Å².